The van der Waals surface area contributed by atoms with Crippen molar-refractivity contribution in [3.8, 4) is 17.0 Å². The second kappa shape index (κ2) is 7.91. The minimum atomic E-state index is -5.36. The Hall–Kier alpha value is -3.34. The quantitative estimate of drug-likeness (QED) is 0.580. The molecule has 2 heterocycles. The van der Waals surface area contributed by atoms with Crippen molar-refractivity contribution in [1.82, 2.24) is 4.98 Å². The van der Waals surface area contributed by atoms with Crippen LogP contribution >= 0.6 is 0 Å². The van der Waals surface area contributed by atoms with E-state index in [9.17, 15) is 32.7 Å². The number of aromatic carboxylic acids is 1. The number of rotatable bonds is 5. The molecule has 4 N–H and O–H groups in total. The molecule has 1 aromatic carbocycles. The number of pyridine rings is 1. The lowest BCUT2D eigenvalue weighted by molar-refractivity contribution is -0.189. The number of aromatic amines is 1. The Labute approximate surface area is 186 Å². The molecule has 0 bridgehead atoms. The highest BCUT2D eigenvalue weighted by Gasteiger charge is 2.53. The van der Waals surface area contributed by atoms with Crippen LogP contribution in [0.2, 0.25) is 0 Å². The SMILES string of the molecule is CCc1c(-c2ccc(N3CC(N)C4(CC4)C3)cc2)[nH]c(=O)c(C(=O)O)c1OC(=O)C(F)(F)F. The van der Waals surface area contributed by atoms with Gasteiger partial charge in [0.15, 0.2) is 11.3 Å². The Kier molecular flexibility index (Phi) is 5.47. The summed E-state index contributed by atoms with van der Waals surface area (Å²) < 4.78 is 42.8. The van der Waals surface area contributed by atoms with Gasteiger partial charge in [0.25, 0.3) is 5.56 Å². The van der Waals surface area contributed by atoms with Crippen molar-refractivity contribution in [2.75, 3.05) is 18.0 Å². The molecule has 2 aliphatic rings. The molecule has 2 fully saturated rings. The standard InChI is InChI=1S/C22H22F3N3O5/c1-2-13-16(27-18(29)15(19(30)31)17(13)33-20(32)22(23,24)25)11-3-5-12(6-4-11)28-9-14(26)21(10-28)7-8-21/h3-6,14H,2,7-10,26H2,1H3,(H,27,29)(H,30,31). The number of carbonyl (C=O) groups is 2. The van der Waals surface area contributed by atoms with E-state index in [0.717, 1.165) is 25.1 Å². The Morgan fingerprint density at radius 3 is 2.39 bits per heavy atom. The Morgan fingerprint density at radius 2 is 1.91 bits per heavy atom. The van der Waals surface area contributed by atoms with E-state index in [1.165, 1.54) is 0 Å². The van der Waals surface area contributed by atoms with Crippen LogP contribution in [0.4, 0.5) is 18.9 Å². The maximum absolute atomic E-state index is 12.8. The average molecular weight is 465 g/mol. The molecular formula is C22H22F3N3O5. The minimum Gasteiger partial charge on any atom is -0.477 e. The fourth-order valence-electron chi connectivity index (χ4n) is 4.38. The number of alkyl halides is 3. The lowest BCUT2D eigenvalue weighted by atomic mass is 10.00. The van der Waals surface area contributed by atoms with Gasteiger partial charge in [0.05, 0.1) is 5.69 Å². The average Bonchev–Trinajstić information content (AvgIpc) is 3.45. The number of halogens is 3. The van der Waals surface area contributed by atoms with E-state index in [1.807, 2.05) is 0 Å². The molecule has 1 aliphatic carbocycles. The summed E-state index contributed by atoms with van der Waals surface area (Å²) in [6.45, 7) is 3.10. The third-order valence-corrected chi connectivity index (χ3v) is 6.38. The van der Waals surface area contributed by atoms with Gasteiger partial charge in [-0.2, -0.15) is 13.2 Å². The predicted molar refractivity (Wildman–Crippen MR) is 112 cm³/mol. The monoisotopic (exact) mass is 465 g/mol. The molecule has 4 rings (SSSR count). The number of nitrogens with two attached hydrogens (primary N) is 1. The van der Waals surface area contributed by atoms with Gasteiger partial charge in [-0.05, 0) is 37.0 Å². The van der Waals surface area contributed by atoms with Gasteiger partial charge in [0, 0.05) is 35.8 Å². The van der Waals surface area contributed by atoms with Crippen molar-refractivity contribution in [3.63, 3.8) is 0 Å². The van der Waals surface area contributed by atoms with E-state index in [2.05, 4.69) is 14.6 Å². The van der Waals surface area contributed by atoms with Crippen LogP contribution in [0.5, 0.6) is 5.75 Å². The van der Waals surface area contributed by atoms with E-state index in [1.54, 1.807) is 31.2 Å². The largest absolute Gasteiger partial charge is 0.491 e. The van der Waals surface area contributed by atoms with Crippen molar-refractivity contribution in [2.45, 2.75) is 38.4 Å². The summed E-state index contributed by atoms with van der Waals surface area (Å²) in [5.41, 5.74) is 5.57. The summed E-state index contributed by atoms with van der Waals surface area (Å²) in [7, 11) is 0. The number of benzene rings is 1. The van der Waals surface area contributed by atoms with Crippen LogP contribution < -0.4 is 20.9 Å². The fourth-order valence-corrected chi connectivity index (χ4v) is 4.38. The molecule has 176 valence electrons. The van der Waals surface area contributed by atoms with E-state index in [4.69, 9.17) is 5.73 Å². The number of hydrogen-bond donors (Lipinski definition) is 3. The molecule has 1 aliphatic heterocycles. The molecule has 33 heavy (non-hydrogen) atoms. The summed E-state index contributed by atoms with van der Waals surface area (Å²) in [5.74, 6) is -5.32. The van der Waals surface area contributed by atoms with Crippen LogP contribution in [-0.4, -0.2) is 47.3 Å². The maximum atomic E-state index is 12.8. The number of nitrogens with zero attached hydrogens (tertiary/aromatic N) is 1. The normalized spacial score (nSPS) is 19.1. The second-order valence-corrected chi connectivity index (χ2v) is 8.45. The third-order valence-electron chi connectivity index (χ3n) is 6.38. The van der Waals surface area contributed by atoms with Crippen LogP contribution in [-0.2, 0) is 11.2 Å². The molecule has 1 saturated carbocycles. The number of anilines is 1. The molecule has 1 aromatic heterocycles. The number of H-pyrrole nitrogens is 1. The van der Waals surface area contributed by atoms with Gasteiger partial charge < -0.3 is 25.5 Å². The van der Waals surface area contributed by atoms with Crippen molar-refractivity contribution >= 4 is 17.6 Å². The number of hydrogen-bond acceptors (Lipinski definition) is 6. The fraction of sp³-hybridized carbons (Fsp3) is 0.409. The van der Waals surface area contributed by atoms with E-state index < -0.39 is 35.0 Å². The molecule has 2 aromatic rings. The smallest absolute Gasteiger partial charge is 0.477 e. The summed E-state index contributed by atoms with van der Waals surface area (Å²) in [6.07, 6.45) is -3.17. The number of nitrogens with one attached hydrogen (secondary N) is 1. The van der Waals surface area contributed by atoms with Crippen LogP contribution in [0.1, 0.15) is 35.7 Å². The molecule has 1 spiro atoms. The Bertz CT molecular complexity index is 1170. The molecule has 1 atom stereocenters. The van der Waals surface area contributed by atoms with Gasteiger partial charge in [0.2, 0.25) is 0 Å². The number of esters is 1. The van der Waals surface area contributed by atoms with Gasteiger partial charge in [0.1, 0.15) is 0 Å². The number of ether oxygens (including phenoxy) is 1. The van der Waals surface area contributed by atoms with Gasteiger partial charge in [-0.15, -0.1) is 0 Å². The number of carbonyl (C=O) groups excluding carboxylic acids is 1. The van der Waals surface area contributed by atoms with Gasteiger partial charge in [-0.3, -0.25) is 4.79 Å². The first-order chi connectivity index (χ1) is 15.5. The number of aromatic nitrogens is 1. The van der Waals surface area contributed by atoms with Gasteiger partial charge >= 0.3 is 18.1 Å². The van der Waals surface area contributed by atoms with Gasteiger partial charge in [-0.25, -0.2) is 9.59 Å². The summed E-state index contributed by atoms with van der Waals surface area (Å²) in [6, 6.07) is 7.02. The highest BCUT2D eigenvalue weighted by Crippen LogP contribution is 2.52. The summed E-state index contributed by atoms with van der Waals surface area (Å²) in [4.78, 5) is 40.0. The van der Waals surface area contributed by atoms with E-state index in [-0.39, 0.29) is 29.1 Å². The molecule has 1 saturated heterocycles. The van der Waals surface area contributed by atoms with Crippen molar-refractivity contribution < 1.29 is 32.6 Å². The first-order valence-corrected chi connectivity index (χ1v) is 10.4. The van der Waals surface area contributed by atoms with E-state index >= 15 is 0 Å². The topological polar surface area (TPSA) is 126 Å². The zero-order chi connectivity index (χ0) is 24.1. The van der Waals surface area contributed by atoms with E-state index in [0.29, 0.717) is 12.1 Å². The maximum Gasteiger partial charge on any atom is 0.491 e. The third kappa shape index (κ3) is 4.08. The molecule has 11 heteroatoms. The molecule has 0 radical (unpaired) electrons. The zero-order valence-electron chi connectivity index (χ0n) is 17.7. The summed E-state index contributed by atoms with van der Waals surface area (Å²) in [5, 5.41) is 9.36. The minimum absolute atomic E-state index is 0.00187. The van der Waals surface area contributed by atoms with Crippen molar-refractivity contribution in [3.05, 3.63) is 45.7 Å². The van der Waals surface area contributed by atoms with Crippen molar-refractivity contribution in [2.24, 2.45) is 11.1 Å². The van der Waals surface area contributed by atoms with Crippen LogP contribution in [0.15, 0.2) is 29.1 Å². The Morgan fingerprint density at radius 1 is 1.27 bits per heavy atom. The molecular weight excluding hydrogens is 443 g/mol. The molecule has 8 nitrogen and oxygen atoms in total. The van der Waals surface area contributed by atoms with Crippen molar-refractivity contribution in [1.29, 1.82) is 0 Å². The highest BCUT2D eigenvalue weighted by molar-refractivity contribution is 5.94. The molecule has 1 unspecified atom stereocenters. The lowest BCUT2D eigenvalue weighted by Gasteiger charge is -2.20. The van der Waals surface area contributed by atoms with Gasteiger partial charge in [-0.1, -0.05) is 19.1 Å². The highest BCUT2D eigenvalue weighted by atomic mass is 19.4. The predicted octanol–water partition coefficient (Wildman–Crippen LogP) is 2.70. The summed E-state index contributed by atoms with van der Waals surface area (Å²) >= 11 is 0. The van der Waals surface area contributed by atoms with Crippen LogP contribution in [0.25, 0.3) is 11.3 Å². The number of carboxylic acids is 1. The van der Waals surface area contributed by atoms with Crippen LogP contribution in [0.3, 0.4) is 0 Å². The molecule has 0 amide bonds. The van der Waals surface area contributed by atoms with Crippen LogP contribution in [0, 0.1) is 5.41 Å². The second-order valence-electron chi connectivity index (χ2n) is 8.45. The lowest BCUT2D eigenvalue weighted by Crippen LogP contribution is -2.31. The number of carboxylic acid groups (broad SMARTS) is 1. The Balaban J connectivity index is 1.74. The zero-order valence-corrected chi connectivity index (χ0v) is 17.7. The first-order valence-electron chi connectivity index (χ1n) is 10.4. The first kappa shape index (κ1) is 22.8.